The van der Waals surface area contributed by atoms with Crippen LogP contribution in [0.1, 0.15) is 21.5 Å². The number of benzene rings is 3. The molecule has 3 rings (SSSR count). The maximum Gasteiger partial charge on any atom is 0.337 e. The summed E-state index contributed by atoms with van der Waals surface area (Å²) in [6.45, 7) is 0.352. The van der Waals surface area contributed by atoms with E-state index in [2.05, 4.69) is 5.32 Å². The maximum absolute atomic E-state index is 12.5. The van der Waals surface area contributed by atoms with Gasteiger partial charge in [-0.1, -0.05) is 60.1 Å². The van der Waals surface area contributed by atoms with Crippen LogP contribution in [0.2, 0.25) is 5.02 Å². The minimum atomic E-state index is -1.18. The first-order valence-electron chi connectivity index (χ1n) is 9.19. The molecule has 0 aromatic heterocycles. The molecule has 0 atom stereocenters. The van der Waals surface area contributed by atoms with Crippen molar-refractivity contribution in [1.29, 1.82) is 5.26 Å². The lowest BCUT2D eigenvalue weighted by molar-refractivity contribution is -0.112. The molecular weight excluding hydrogens is 416 g/mol. The van der Waals surface area contributed by atoms with Crippen LogP contribution < -0.4 is 10.1 Å². The summed E-state index contributed by atoms with van der Waals surface area (Å²) in [7, 11) is 0. The lowest BCUT2D eigenvalue weighted by atomic mass is 10.1. The third-order valence-corrected chi connectivity index (χ3v) is 4.57. The number of rotatable bonds is 7. The van der Waals surface area contributed by atoms with Gasteiger partial charge in [-0.2, -0.15) is 5.26 Å². The van der Waals surface area contributed by atoms with E-state index in [1.165, 1.54) is 18.2 Å². The van der Waals surface area contributed by atoms with Crippen molar-refractivity contribution < 1.29 is 19.4 Å². The fourth-order valence-electron chi connectivity index (χ4n) is 2.74. The van der Waals surface area contributed by atoms with Crippen molar-refractivity contribution in [2.24, 2.45) is 0 Å². The number of para-hydroxylation sites is 1. The third-order valence-electron chi connectivity index (χ3n) is 4.27. The van der Waals surface area contributed by atoms with E-state index in [0.717, 1.165) is 5.56 Å². The number of hydrogen-bond acceptors (Lipinski definition) is 4. The Morgan fingerprint density at radius 1 is 1.06 bits per heavy atom. The molecule has 0 aliphatic heterocycles. The summed E-state index contributed by atoms with van der Waals surface area (Å²) in [4.78, 5) is 23.8. The third kappa shape index (κ3) is 5.72. The van der Waals surface area contributed by atoms with Gasteiger partial charge >= 0.3 is 5.97 Å². The minimum absolute atomic E-state index is 0.0731. The highest BCUT2D eigenvalue weighted by atomic mass is 35.5. The van der Waals surface area contributed by atoms with Gasteiger partial charge in [0.1, 0.15) is 24.0 Å². The minimum Gasteiger partial charge on any atom is -0.487 e. The molecule has 1 amide bonds. The van der Waals surface area contributed by atoms with Gasteiger partial charge < -0.3 is 15.2 Å². The quantitative estimate of drug-likeness (QED) is 0.396. The lowest BCUT2D eigenvalue weighted by Crippen LogP contribution is -2.16. The molecule has 0 bridgehead atoms. The molecule has 7 heteroatoms. The number of nitriles is 1. The van der Waals surface area contributed by atoms with Crippen LogP contribution in [-0.2, 0) is 11.4 Å². The number of carbonyl (C=O) groups is 2. The molecule has 0 unspecified atom stereocenters. The van der Waals surface area contributed by atoms with Gasteiger partial charge in [0.25, 0.3) is 5.91 Å². The Morgan fingerprint density at radius 3 is 2.45 bits per heavy atom. The van der Waals surface area contributed by atoms with Crippen molar-refractivity contribution in [3.05, 3.63) is 100 Å². The van der Waals surface area contributed by atoms with Gasteiger partial charge in [-0.3, -0.25) is 4.79 Å². The summed E-state index contributed by atoms with van der Waals surface area (Å²) in [6, 6.07) is 22.3. The number of nitrogens with zero attached hydrogens (tertiary/aromatic N) is 1. The van der Waals surface area contributed by atoms with E-state index in [9.17, 15) is 20.0 Å². The van der Waals surface area contributed by atoms with Gasteiger partial charge in [-0.25, -0.2) is 4.79 Å². The number of carboxylic acid groups (broad SMARTS) is 1. The highest BCUT2D eigenvalue weighted by Gasteiger charge is 2.15. The van der Waals surface area contributed by atoms with E-state index in [-0.39, 0.29) is 16.8 Å². The molecular formula is C24H17ClN2O4. The fraction of sp³-hybridized carbons (Fsp3) is 0.0417. The molecule has 0 heterocycles. The average Bonchev–Trinajstić information content (AvgIpc) is 2.77. The van der Waals surface area contributed by atoms with Crippen LogP contribution in [0.5, 0.6) is 5.75 Å². The van der Waals surface area contributed by atoms with Crippen LogP contribution in [0, 0.1) is 11.3 Å². The molecule has 0 saturated heterocycles. The summed E-state index contributed by atoms with van der Waals surface area (Å²) in [6.07, 6.45) is 1.37. The van der Waals surface area contributed by atoms with Crippen LogP contribution in [0.4, 0.5) is 5.69 Å². The summed E-state index contributed by atoms with van der Waals surface area (Å²) >= 11 is 6.28. The van der Waals surface area contributed by atoms with E-state index >= 15 is 0 Å². The van der Waals surface area contributed by atoms with Gasteiger partial charge in [-0.05, 0) is 41.5 Å². The lowest BCUT2D eigenvalue weighted by Gasteiger charge is -2.09. The van der Waals surface area contributed by atoms with Crippen LogP contribution in [-0.4, -0.2) is 17.0 Å². The number of carbonyl (C=O) groups excluding carboxylic acids is 1. The largest absolute Gasteiger partial charge is 0.487 e. The van der Waals surface area contributed by atoms with Gasteiger partial charge in [0.05, 0.1) is 16.3 Å². The van der Waals surface area contributed by atoms with Gasteiger partial charge in [0, 0.05) is 0 Å². The summed E-state index contributed by atoms with van der Waals surface area (Å²) in [5.74, 6) is -1.44. The molecule has 3 aromatic carbocycles. The number of halogens is 1. The van der Waals surface area contributed by atoms with E-state index in [1.807, 2.05) is 36.4 Å². The number of anilines is 1. The number of nitrogens with one attached hydrogen (secondary N) is 1. The Hall–Kier alpha value is -4.08. The molecule has 0 spiro atoms. The molecule has 3 aromatic rings. The first-order valence-corrected chi connectivity index (χ1v) is 9.57. The fourth-order valence-corrected chi connectivity index (χ4v) is 2.99. The second-order valence-electron chi connectivity index (χ2n) is 6.44. The van der Waals surface area contributed by atoms with Gasteiger partial charge in [-0.15, -0.1) is 0 Å². The van der Waals surface area contributed by atoms with E-state index in [1.54, 1.807) is 30.3 Å². The smallest absolute Gasteiger partial charge is 0.337 e. The predicted molar refractivity (Wildman–Crippen MR) is 118 cm³/mol. The maximum atomic E-state index is 12.5. The van der Waals surface area contributed by atoms with Crippen molar-refractivity contribution in [2.45, 2.75) is 6.61 Å². The Kier molecular flexibility index (Phi) is 7.05. The molecule has 0 radical (unpaired) electrons. The topological polar surface area (TPSA) is 99.4 Å². The Morgan fingerprint density at radius 2 is 1.77 bits per heavy atom. The summed E-state index contributed by atoms with van der Waals surface area (Å²) in [5.41, 5.74) is 1.34. The van der Waals surface area contributed by atoms with E-state index in [4.69, 9.17) is 16.3 Å². The number of aromatic carboxylic acids is 1. The van der Waals surface area contributed by atoms with Crippen molar-refractivity contribution in [2.75, 3.05) is 5.32 Å². The molecule has 154 valence electrons. The van der Waals surface area contributed by atoms with Crippen molar-refractivity contribution in [3.63, 3.8) is 0 Å². The zero-order chi connectivity index (χ0) is 22.2. The number of hydrogen-bond donors (Lipinski definition) is 2. The van der Waals surface area contributed by atoms with Crippen molar-refractivity contribution in [1.82, 2.24) is 0 Å². The average molecular weight is 433 g/mol. The molecule has 6 nitrogen and oxygen atoms in total. The predicted octanol–water partition coefficient (Wildman–Crippen LogP) is 5.16. The number of ether oxygens (including phenoxy) is 1. The van der Waals surface area contributed by atoms with Crippen molar-refractivity contribution >= 4 is 35.2 Å². The standard InChI is InChI=1S/C24H17ClN2O4/c25-20-13-17(10-11-22(20)31-15-16-6-2-1-3-7-16)12-18(14-26)23(28)27-21-9-5-4-8-19(21)24(29)30/h1-13H,15H2,(H,27,28)(H,29,30)/b18-12+. The summed E-state index contributed by atoms with van der Waals surface area (Å²) < 4.78 is 5.72. The molecule has 0 saturated carbocycles. The zero-order valence-corrected chi connectivity index (χ0v) is 17.0. The van der Waals surface area contributed by atoms with Crippen LogP contribution in [0.25, 0.3) is 6.08 Å². The van der Waals surface area contributed by atoms with E-state index in [0.29, 0.717) is 22.9 Å². The van der Waals surface area contributed by atoms with Crippen LogP contribution >= 0.6 is 11.6 Å². The second kappa shape index (κ2) is 10.1. The second-order valence-corrected chi connectivity index (χ2v) is 6.85. The van der Waals surface area contributed by atoms with E-state index < -0.39 is 11.9 Å². The Bertz CT molecular complexity index is 1180. The normalized spacial score (nSPS) is 10.8. The number of carboxylic acids is 1. The SMILES string of the molecule is N#C/C(=C\c1ccc(OCc2ccccc2)c(Cl)c1)C(=O)Nc1ccccc1C(=O)O. The van der Waals surface area contributed by atoms with Gasteiger partial charge in [0.15, 0.2) is 0 Å². The molecule has 2 N–H and O–H groups in total. The Balaban J connectivity index is 1.75. The number of amides is 1. The summed E-state index contributed by atoms with van der Waals surface area (Å²) in [5, 5.41) is 21.4. The molecule has 0 aliphatic rings. The highest BCUT2D eigenvalue weighted by Crippen LogP contribution is 2.27. The first kappa shape index (κ1) is 21.6. The Labute approximate surface area is 184 Å². The highest BCUT2D eigenvalue weighted by molar-refractivity contribution is 6.32. The van der Waals surface area contributed by atoms with Gasteiger partial charge in [0.2, 0.25) is 0 Å². The van der Waals surface area contributed by atoms with Crippen LogP contribution in [0.15, 0.2) is 78.4 Å². The zero-order valence-electron chi connectivity index (χ0n) is 16.2. The monoisotopic (exact) mass is 432 g/mol. The van der Waals surface area contributed by atoms with Crippen LogP contribution in [0.3, 0.4) is 0 Å². The molecule has 31 heavy (non-hydrogen) atoms. The molecule has 0 aliphatic carbocycles. The first-order chi connectivity index (χ1) is 15.0. The molecule has 0 fully saturated rings. The van der Waals surface area contributed by atoms with Crippen molar-refractivity contribution in [3.8, 4) is 11.8 Å².